The van der Waals surface area contributed by atoms with Gasteiger partial charge in [-0.2, -0.15) is 0 Å². The molecule has 0 spiro atoms. The second-order valence-corrected chi connectivity index (χ2v) is 6.08. The lowest BCUT2D eigenvalue weighted by Gasteiger charge is -2.35. The summed E-state index contributed by atoms with van der Waals surface area (Å²) in [5.74, 6) is 0.321. The highest BCUT2D eigenvalue weighted by atomic mass is 16.3. The third kappa shape index (κ3) is 2.68. The zero-order valence-electron chi connectivity index (χ0n) is 12.6. The summed E-state index contributed by atoms with van der Waals surface area (Å²) in [5, 5.41) is 0.972. The molecule has 1 heterocycles. The Morgan fingerprint density at radius 3 is 2.81 bits per heavy atom. The second-order valence-electron chi connectivity index (χ2n) is 6.08. The lowest BCUT2D eigenvalue weighted by Crippen LogP contribution is -2.50. The predicted octanol–water partition coefficient (Wildman–Crippen LogP) is 3.08. The lowest BCUT2D eigenvalue weighted by molar-refractivity contribution is 0.0642. The number of hydrogen-bond acceptors (Lipinski definition) is 3. The van der Waals surface area contributed by atoms with Gasteiger partial charge in [0.15, 0.2) is 5.76 Å². The summed E-state index contributed by atoms with van der Waals surface area (Å²) in [7, 11) is 1.83. The monoisotopic (exact) mass is 286 g/mol. The van der Waals surface area contributed by atoms with Crippen molar-refractivity contribution >= 4 is 16.9 Å². The van der Waals surface area contributed by atoms with Crippen molar-refractivity contribution in [2.45, 2.75) is 44.7 Å². The number of fused-ring (bicyclic) bond motifs is 1. The fourth-order valence-electron chi connectivity index (χ4n) is 3.21. The molecule has 2 N–H and O–H groups in total. The van der Waals surface area contributed by atoms with Crippen LogP contribution in [-0.4, -0.2) is 29.9 Å². The third-order valence-electron chi connectivity index (χ3n) is 4.48. The van der Waals surface area contributed by atoms with Gasteiger partial charge in [0.1, 0.15) is 5.58 Å². The smallest absolute Gasteiger partial charge is 0.289 e. The molecule has 2 aromatic rings. The molecule has 112 valence electrons. The van der Waals surface area contributed by atoms with Crippen LogP contribution in [0.2, 0.25) is 0 Å². The Morgan fingerprint density at radius 2 is 2.05 bits per heavy atom. The molecule has 0 aliphatic heterocycles. The molecular weight excluding hydrogens is 264 g/mol. The van der Waals surface area contributed by atoms with Crippen LogP contribution in [-0.2, 0) is 0 Å². The number of amides is 1. The standard InChI is InChI=1S/C17H22N2O2/c1-11-7-8-15-12(9-11)10-16(21-15)17(20)19(2)14-6-4-3-5-13(14)18/h7-10,13-14H,3-6,18H2,1-2H3. The molecule has 1 aromatic heterocycles. The Labute approximate surface area is 124 Å². The van der Waals surface area contributed by atoms with Crippen molar-refractivity contribution in [3.63, 3.8) is 0 Å². The summed E-state index contributed by atoms with van der Waals surface area (Å²) >= 11 is 0. The molecule has 1 fully saturated rings. The first kappa shape index (κ1) is 14.1. The Hall–Kier alpha value is -1.81. The normalized spacial score (nSPS) is 22.4. The van der Waals surface area contributed by atoms with Crippen LogP contribution < -0.4 is 5.73 Å². The molecule has 1 aliphatic rings. The molecule has 2 atom stereocenters. The van der Waals surface area contributed by atoms with Crippen LogP contribution in [0.3, 0.4) is 0 Å². The maximum absolute atomic E-state index is 12.6. The van der Waals surface area contributed by atoms with E-state index in [1.807, 2.05) is 38.2 Å². The number of hydrogen-bond donors (Lipinski definition) is 1. The zero-order valence-corrected chi connectivity index (χ0v) is 12.6. The number of nitrogens with two attached hydrogens (primary N) is 1. The first-order valence-electron chi connectivity index (χ1n) is 7.59. The minimum absolute atomic E-state index is 0.0688. The largest absolute Gasteiger partial charge is 0.451 e. The van der Waals surface area contributed by atoms with Crippen LogP contribution >= 0.6 is 0 Å². The van der Waals surface area contributed by atoms with E-state index in [0.717, 1.165) is 42.2 Å². The first-order valence-corrected chi connectivity index (χ1v) is 7.59. The number of furan rings is 1. The van der Waals surface area contributed by atoms with Gasteiger partial charge in [-0.05, 0) is 38.0 Å². The van der Waals surface area contributed by atoms with Crippen LogP contribution in [0, 0.1) is 6.92 Å². The van der Waals surface area contributed by atoms with Crippen molar-refractivity contribution in [3.8, 4) is 0 Å². The van der Waals surface area contributed by atoms with E-state index in [4.69, 9.17) is 10.2 Å². The average Bonchev–Trinajstić information content (AvgIpc) is 2.89. The summed E-state index contributed by atoms with van der Waals surface area (Å²) in [4.78, 5) is 14.4. The summed E-state index contributed by atoms with van der Waals surface area (Å²) in [6.45, 7) is 2.03. The van der Waals surface area contributed by atoms with Crippen LogP contribution in [0.4, 0.5) is 0 Å². The van der Waals surface area contributed by atoms with Gasteiger partial charge in [0.05, 0.1) is 0 Å². The third-order valence-corrected chi connectivity index (χ3v) is 4.48. The molecule has 1 saturated carbocycles. The molecule has 1 amide bonds. The number of likely N-dealkylation sites (N-methyl/N-ethyl adjacent to an activating group) is 1. The Balaban J connectivity index is 1.85. The van der Waals surface area contributed by atoms with Crippen molar-refractivity contribution in [1.82, 2.24) is 4.90 Å². The van der Waals surface area contributed by atoms with Gasteiger partial charge in [0.2, 0.25) is 0 Å². The number of carbonyl (C=O) groups excluding carboxylic acids is 1. The highest BCUT2D eigenvalue weighted by Gasteiger charge is 2.30. The van der Waals surface area contributed by atoms with Gasteiger partial charge in [-0.1, -0.05) is 24.5 Å². The van der Waals surface area contributed by atoms with Crippen LogP contribution in [0.15, 0.2) is 28.7 Å². The SMILES string of the molecule is Cc1ccc2oc(C(=O)N(C)C3CCCCC3N)cc2c1. The zero-order chi connectivity index (χ0) is 15.0. The molecule has 1 aliphatic carbocycles. The first-order chi connectivity index (χ1) is 10.1. The van der Waals surface area contributed by atoms with E-state index >= 15 is 0 Å². The van der Waals surface area contributed by atoms with Crippen molar-refractivity contribution < 1.29 is 9.21 Å². The van der Waals surface area contributed by atoms with E-state index in [9.17, 15) is 4.79 Å². The van der Waals surface area contributed by atoms with Crippen molar-refractivity contribution in [3.05, 3.63) is 35.6 Å². The average molecular weight is 286 g/mol. The van der Waals surface area contributed by atoms with Crippen LogP contribution in [0.1, 0.15) is 41.8 Å². The van der Waals surface area contributed by atoms with Gasteiger partial charge >= 0.3 is 0 Å². The van der Waals surface area contributed by atoms with E-state index in [-0.39, 0.29) is 18.0 Å². The van der Waals surface area contributed by atoms with Crippen molar-refractivity contribution in [2.24, 2.45) is 5.73 Å². The molecule has 0 saturated heterocycles. The quantitative estimate of drug-likeness (QED) is 0.923. The van der Waals surface area contributed by atoms with Gasteiger partial charge in [-0.3, -0.25) is 4.79 Å². The molecule has 4 nitrogen and oxygen atoms in total. The molecule has 21 heavy (non-hydrogen) atoms. The van der Waals surface area contributed by atoms with E-state index < -0.39 is 0 Å². The Morgan fingerprint density at radius 1 is 1.29 bits per heavy atom. The number of rotatable bonds is 2. The molecule has 4 heteroatoms. The maximum atomic E-state index is 12.6. The lowest BCUT2D eigenvalue weighted by atomic mass is 9.90. The van der Waals surface area contributed by atoms with Gasteiger partial charge in [-0.15, -0.1) is 0 Å². The summed E-state index contributed by atoms with van der Waals surface area (Å²) in [5.41, 5.74) is 8.08. The minimum atomic E-state index is -0.0776. The molecule has 0 bridgehead atoms. The molecule has 2 unspecified atom stereocenters. The fraction of sp³-hybridized carbons (Fsp3) is 0.471. The minimum Gasteiger partial charge on any atom is -0.451 e. The van der Waals surface area contributed by atoms with Crippen LogP contribution in [0.5, 0.6) is 0 Å². The maximum Gasteiger partial charge on any atom is 0.289 e. The van der Waals surface area contributed by atoms with E-state index in [2.05, 4.69) is 0 Å². The summed E-state index contributed by atoms with van der Waals surface area (Å²) in [6.07, 6.45) is 4.25. The predicted molar refractivity (Wildman–Crippen MR) is 83.3 cm³/mol. The number of benzene rings is 1. The second kappa shape index (κ2) is 5.53. The highest BCUT2D eigenvalue weighted by molar-refractivity contribution is 5.96. The Bertz CT molecular complexity index is 662. The van der Waals surface area contributed by atoms with Gasteiger partial charge in [0, 0.05) is 24.5 Å². The number of carbonyl (C=O) groups is 1. The van der Waals surface area contributed by atoms with Crippen molar-refractivity contribution in [2.75, 3.05) is 7.05 Å². The Kier molecular flexibility index (Phi) is 3.72. The summed E-state index contributed by atoms with van der Waals surface area (Å²) < 4.78 is 5.70. The van der Waals surface area contributed by atoms with Crippen LogP contribution in [0.25, 0.3) is 11.0 Å². The van der Waals surface area contributed by atoms with Gasteiger partial charge in [-0.25, -0.2) is 0 Å². The molecule has 3 rings (SSSR count). The van der Waals surface area contributed by atoms with E-state index in [1.54, 1.807) is 4.90 Å². The highest BCUT2D eigenvalue weighted by Crippen LogP contribution is 2.25. The topological polar surface area (TPSA) is 59.5 Å². The molecule has 1 aromatic carbocycles. The number of aryl methyl sites for hydroxylation is 1. The van der Waals surface area contributed by atoms with E-state index in [1.165, 1.54) is 0 Å². The fourth-order valence-corrected chi connectivity index (χ4v) is 3.21. The van der Waals surface area contributed by atoms with Crippen molar-refractivity contribution in [1.29, 1.82) is 0 Å². The molecule has 0 radical (unpaired) electrons. The van der Waals surface area contributed by atoms with E-state index in [0.29, 0.717) is 5.76 Å². The van der Waals surface area contributed by atoms with Gasteiger partial charge in [0.25, 0.3) is 5.91 Å². The van der Waals surface area contributed by atoms with Gasteiger partial charge < -0.3 is 15.1 Å². The summed E-state index contributed by atoms with van der Waals surface area (Å²) in [6, 6.07) is 7.94. The molecular formula is C17H22N2O2. The number of nitrogens with zero attached hydrogens (tertiary/aromatic N) is 1.